The predicted molar refractivity (Wildman–Crippen MR) is 146 cm³/mol. The van der Waals surface area contributed by atoms with E-state index in [0.717, 1.165) is 0 Å². The van der Waals surface area contributed by atoms with Crippen LogP contribution >= 0.6 is 11.6 Å². The van der Waals surface area contributed by atoms with Gasteiger partial charge in [-0.1, -0.05) is 11.6 Å². The van der Waals surface area contributed by atoms with Crippen molar-refractivity contribution in [2.24, 2.45) is 7.05 Å². The van der Waals surface area contributed by atoms with E-state index in [0.29, 0.717) is 32.7 Å². The number of halogens is 1. The molecule has 0 bridgehead atoms. The molecule has 0 fully saturated rings. The van der Waals surface area contributed by atoms with Crippen LogP contribution in [0.3, 0.4) is 0 Å². The Hall–Kier alpha value is -4.53. The van der Waals surface area contributed by atoms with Gasteiger partial charge in [-0.25, -0.2) is 9.48 Å². The van der Waals surface area contributed by atoms with Gasteiger partial charge < -0.3 is 20.3 Å². The molecule has 0 saturated carbocycles. The van der Waals surface area contributed by atoms with Gasteiger partial charge in [0.1, 0.15) is 18.6 Å². The van der Waals surface area contributed by atoms with Crippen molar-refractivity contribution in [2.75, 3.05) is 11.6 Å². The number of carbonyl (C=O) groups excluding carboxylic acids is 2. The first-order valence-corrected chi connectivity index (χ1v) is 13.6. The summed E-state index contributed by atoms with van der Waals surface area (Å²) in [5.74, 6) is -2.25. The topological polar surface area (TPSA) is 180 Å². The van der Waals surface area contributed by atoms with Crippen LogP contribution in [-0.4, -0.2) is 69.7 Å². The summed E-state index contributed by atoms with van der Waals surface area (Å²) >= 11 is 4.83. The lowest BCUT2D eigenvalue weighted by Gasteiger charge is -2.17. The highest BCUT2D eigenvalue weighted by Crippen LogP contribution is 2.20. The lowest BCUT2D eigenvalue weighted by Crippen LogP contribution is -2.44. The molecular formula is C25H23ClN8O5S. The highest BCUT2D eigenvalue weighted by Gasteiger charge is 2.24. The molecule has 0 aliphatic carbocycles. The van der Waals surface area contributed by atoms with Crippen LogP contribution in [0, 0.1) is 0 Å². The van der Waals surface area contributed by atoms with Crippen LogP contribution in [0.1, 0.15) is 21.6 Å². The van der Waals surface area contributed by atoms with E-state index in [-0.39, 0.29) is 12.0 Å². The van der Waals surface area contributed by atoms with Gasteiger partial charge in [0.2, 0.25) is 16.8 Å². The smallest absolute Gasteiger partial charge is 0.335 e. The van der Waals surface area contributed by atoms with Crippen molar-refractivity contribution in [3.05, 3.63) is 82.8 Å². The number of hydrogen-bond donors (Lipinski definition) is 3. The van der Waals surface area contributed by atoms with Gasteiger partial charge in [-0.2, -0.15) is 9.78 Å². The summed E-state index contributed by atoms with van der Waals surface area (Å²) in [6.45, 7) is 0. The maximum absolute atomic E-state index is 13.2. The van der Waals surface area contributed by atoms with Crippen molar-refractivity contribution in [1.29, 1.82) is 0 Å². The average Bonchev–Trinajstić information content (AvgIpc) is 3.57. The van der Waals surface area contributed by atoms with Crippen molar-refractivity contribution in [2.45, 2.75) is 17.5 Å². The number of aromatic carboxylic acids is 1. The van der Waals surface area contributed by atoms with Gasteiger partial charge in [0, 0.05) is 53.1 Å². The van der Waals surface area contributed by atoms with Gasteiger partial charge in [-0.05, 0) is 59.0 Å². The number of anilines is 1. The van der Waals surface area contributed by atoms with Gasteiger partial charge >= 0.3 is 5.97 Å². The number of benzene rings is 2. The van der Waals surface area contributed by atoms with E-state index in [9.17, 15) is 18.9 Å². The summed E-state index contributed by atoms with van der Waals surface area (Å²) in [4.78, 5) is 37.3. The summed E-state index contributed by atoms with van der Waals surface area (Å²) < 4.78 is 14.8. The van der Waals surface area contributed by atoms with E-state index in [1.165, 1.54) is 58.4 Å². The number of hydrogen-bond acceptors (Lipinski definition) is 8. The number of carboxylic acid groups (broad SMARTS) is 1. The fraction of sp³-hybridized carbons (Fsp3) is 0.160. The van der Waals surface area contributed by atoms with Crippen LogP contribution in [0.15, 0.2) is 66.0 Å². The predicted octanol–water partition coefficient (Wildman–Crippen LogP) is 1.86. The second-order valence-corrected chi connectivity index (χ2v) is 10.2. The van der Waals surface area contributed by atoms with Gasteiger partial charge in [0.15, 0.2) is 0 Å². The number of aromatic nitrogens is 6. The molecule has 4 rings (SSSR count). The van der Waals surface area contributed by atoms with Crippen LogP contribution in [0.25, 0.3) is 11.8 Å². The first-order chi connectivity index (χ1) is 19.1. The number of tetrazole rings is 1. The first-order valence-electron chi connectivity index (χ1n) is 11.6. The SMILES string of the molecule is Cn1nc(CC(NC(=O)C=Cc2cc(Cl)ccc2-n2cnnn2)C(=O)Nc2ccc(C(=O)O)cc2)cc1[S+](C)[O-]. The molecule has 2 heterocycles. The largest absolute Gasteiger partial charge is 0.610 e. The average molecular weight is 583 g/mol. The fourth-order valence-electron chi connectivity index (χ4n) is 3.74. The number of rotatable bonds is 10. The highest BCUT2D eigenvalue weighted by molar-refractivity contribution is 7.90. The Labute approximate surface area is 236 Å². The van der Waals surface area contributed by atoms with E-state index in [1.54, 1.807) is 31.3 Å². The lowest BCUT2D eigenvalue weighted by molar-refractivity contribution is -0.123. The van der Waals surface area contributed by atoms with Gasteiger partial charge in [-0.15, -0.1) is 5.10 Å². The molecule has 4 aromatic rings. The summed E-state index contributed by atoms with van der Waals surface area (Å²) in [7, 11) is 1.63. The van der Waals surface area contributed by atoms with Crippen LogP contribution < -0.4 is 10.6 Å². The molecule has 15 heteroatoms. The fourth-order valence-corrected chi connectivity index (χ4v) is 4.64. The maximum Gasteiger partial charge on any atom is 0.335 e. The number of carboxylic acids is 1. The molecule has 40 heavy (non-hydrogen) atoms. The minimum atomic E-state index is -1.31. The second kappa shape index (κ2) is 12.5. The molecule has 0 aliphatic heterocycles. The van der Waals surface area contributed by atoms with E-state index < -0.39 is 35.0 Å². The van der Waals surface area contributed by atoms with Crippen molar-refractivity contribution in [3.8, 4) is 5.69 Å². The van der Waals surface area contributed by atoms with Gasteiger partial charge in [0.25, 0.3) is 0 Å². The number of carbonyl (C=O) groups is 3. The van der Waals surface area contributed by atoms with Crippen molar-refractivity contribution in [1.82, 2.24) is 35.3 Å². The van der Waals surface area contributed by atoms with Crippen LogP contribution in [0.4, 0.5) is 5.69 Å². The maximum atomic E-state index is 13.2. The molecule has 2 unspecified atom stereocenters. The summed E-state index contributed by atoms with van der Waals surface area (Å²) in [5.41, 5.74) is 1.96. The quantitative estimate of drug-likeness (QED) is 0.186. The molecule has 13 nitrogen and oxygen atoms in total. The summed E-state index contributed by atoms with van der Waals surface area (Å²) in [6, 6.07) is 11.1. The molecule has 2 atom stereocenters. The molecule has 0 spiro atoms. The Balaban J connectivity index is 1.55. The number of nitrogens with zero attached hydrogens (tertiary/aromatic N) is 6. The molecule has 0 radical (unpaired) electrons. The molecular weight excluding hydrogens is 560 g/mol. The minimum Gasteiger partial charge on any atom is -0.610 e. The van der Waals surface area contributed by atoms with Crippen molar-refractivity contribution < 1.29 is 24.0 Å². The van der Waals surface area contributed by atoms with Crippen LogP contribution in [0.2, 0.25) is 5.02 Å². The van der Waals surface area contributed by atoms with E-state index in [2.05, 4.69) is 31.3 Å². The van der Waals surface area contributed by atoms with Gasteiger partial charge in [-0.3, -0.25) is 9.59 Å². The summed E-state index contributed by atoms with van der Waals surface area (Å²) in [6.07, 6.45) is 5.66. The monoisotopic (exact) mass is 582 g/mol. The second-order valence-electron chi connectivity index (χ2n) is 8.48. The zero-order chi connectivity index (χ0) is 28.8. The molecule has 0 saturated heterocycles. The number of amides is 2. The Morgan fingerprint density at radius 3 is 2.55 bits per heavy atom. The van der Waals surface area contributed by atoms with Crippen LogP contribution in [0.5, 0.6) is 0 Å². The third-order valence-corrected chi connectivity index (χ3v) is 6.83. The standard InChI is InChI=1S/C25H23ClN8O5S/c1-33-23(40(2)39)13-19(30-33)12-20(24(36)28-18-7-3-15(4-8-18)25(37)38)29-22(35)10-5-16-11-17(26)6-9-21(16)34-14-27-31-32-34/h3-11,13-14,20H,12H2,1-2H3,(H,28,36)(H,29,35)(H,37,38). The molecule has 206 valence electrons. The minimum absolute atomic E-state index is 0.00327. The number of aryl methyl sites for hydroxylation is 1. The molecule has 0 aliphatic rings. The Bertz CT molecular complexity index is 1550. The molecule has 2 amide bonds. The molecule has 2 aromatic heterocycles. The Kier molecular flexibility index (Phi) is 8.93. The first kappa shape index (κ1) is 28.5. The Morgan fingerprint density at radius 2 is 1.93 bits per heavy atom. The Morgan fingerprint density at radius 1 is 1.18 bits per heavy atom. The van der Waals surface area contributed by atoms with E-state index >= 15 is 0 Å². The van der Waals surface area contributed by atoms with E-state index in [4.69, 9.17) is 16.7 Å². The summed E-state index contributed by atoms with van der Waals surface area (Å²) in [5, 5.41) is 30.8. The van der Waals surface area contributed by atoms with Crippen molar-refractivity contribution in [3.63, 3.8) is 0 Å². The molecule has 3 N–H and O–H groups in total. The zero-order valence-corrected chi connectivity index (χ0v) is 22.8. The lowest BCUT2D eigenvalue weighted by atomic mass is 10.1. The third kappa shape index (κ3) is 7.11. The van der Waals surface area contributed by atoms with E-state index in [1.807, 2.05) is 0 Å². The highest BCUT2D eigenvalue weighted by atomic mass is 35.5. The van der Waals surface area contributed by atoms with Crippen LogP contribution in [-0.2, 0) is 34.2 Å². The number of nitrogens with one attached hydrogen (secondary N) is 2. The normalized spacial score (nSPS) is 12.7. The zero-order valence-electron chi connectivity index (χ0n) is 21.2. The van der Waals surface area contributed by atoms with Crippen molar-refractivity contribution >= 4 is 52.3 Å². The third-order valence-electron chi connectivity index (χ3n) is 5.63. The van der Waals surface area contributed by atoms with Gasteiger partial charge in [0.05, 0.1) is 16.9 Å². The molecule has 2 aromatic carbocycles.